The minimum Gasteiger partial charge on any atom is -0.305 e. The summed E-state index contributed by atoms with van der Waals surface area (Å²) >= 11 is 0. The Labute approximate surface area is 166 Å². The van der Waals surface area contributed by atoms with Crippen LogP contribution in [0.4, 0.5) is 4.39 Å². The summed E-state index contributed by atoms with van der Waals surface area (Å²) in [7, 11) is -3.75. The lowest BCUT2D eigenvalue weighted by atomic mass is 10.2. The molecule has 0 atom stereocenters. The fourth-order valence-electron chi connectivity index (χ4n) is 2.90. The molecule has 0 radical (unpaired) electrons. The van der Waals surface area contributed by atoms with Crippen LogP contribution in [-0.4, -0.2) is 42.2 Å². The molecule has 2 heterocycles. The molecule has 1 aromatic carbocycles. The monoisotopic (exact) mass is 422 g/mol. The van der Waals surface area contributed by atoms with E-state index in [-0.39, 0.29) is 10.5 Å². The normalized spacial score (nSPS) is 14.5. The molecule has 1 saturated heterocycles. The molecule has 0 unspecified atom stereocenters. The summed E-state index contributed by atoms with van der Waals surface area (Å²) in [5.41, 5.74) is 3.28. The molecule has 1 fully saturated rings. The lowest BCUT2D eigenvalue weighted by Gasteiger charge is -2.16. The van der Waals surface area contributed by atoms with E-state index in [0.29, 0.717) is 13.1 Å². The molecule has 1 aliphatic heterocycles. The van der Waals surface area contributed by atoms with Gasteiger partial charge in [-0.25, -0.2) is 12.8 Å². The van der Waals surface area contributed by atoms with Gasteiger partial charge in [0.05, 0.1) is 10.5 Å². The van der Waals surface area contributed by atoms with Gasteiger partial charge >= 0.3 is 0 Å². The molecule has 0 bridgehead atoms. The van der Waals surface area contributed by atoms with Crippen molar-refractivity contribution in [1.29, 1.82) is 0 Å². The van der Waals surface area contributed by atoms with Crippen molar-refractivity contribution in [2.75, 3.05) is 13.1 Å². The number of pyridine rings is 1. The summed E-state index contributed by atoms with van der Waals surface area (Å²) in [4.78, 5) is 35.9. The lowest BCUT2D eigenvalue weighted by Crippen LogP contribution is -2.44. The van der Waals surface area contributed by atoms with Gasteiger partial charge in [0.1, 0.15) is 12.4 Å². The summed E-state index contributed by atoms with van der Waals surface area (Å²) in [5.74, 6) is -2.41. The SMILES string of the molecule is O=C(Cn1cc(S(=O)(=O)N2CCCC2)ccc1=O)NNC(=O)c1ccccc1F. The Bertz CT molecular complexity index is 1090. The minimum atomic E-state index is -3.75. The first-order valence-electron chi connectivity index (χ1n) is 8.83. The van der Waals surface area contributed by atoms with Crippen LogP contribution in [0.5, 0.6) is 0 Å². The quantitative estimate of drug-likeness (QED) is 0.669. The number of amides is 2. The second kappa shape index (κ2) is 8.53. The van der Waals surface area contributed by atoms with Crippen LogP contribution in [-0.2, 0) is 21.4 Å². The molecule has 0 aliphatic carbocycles. The topological polar surface area (TPSA) is 118 Å². The number of rotatable bonds is 5. The summed E-state index contributed by atoms with van der Waals surface area (Å²) in [6.45, 7) is 0.286. The molecule has 1 aromatic heterocycles. The number of aromatic nitrogens is 1. The molecule has 3 rings (SSSR count). The minimum absolute atomic E-state index is 0.0952. The first-order valence-corrected chi connectivity index (χ1v) is 10.3. The van der Waals surface area contributed by atoms with Gasteiger partial charge < -0.3 is 4.57 Å². The first kappa shape index (κ1) is 20.7. The number of carbonyl (C=O) groups is 2. The van der Waals surface area contributed by atoms with E-state index in [4.69, 9.17) is 0 Å². The van der Waals surface area contributed by atoms with Crippen LogP contribution in [0.2, 0.25) is 0 Å². The molecule has 154 valence electrons. The molecule has 9 nitrogen and oxygen atoms in total. The number of sulfonamides is 1. The number of nitrogens with one attached hydrogen (secondary N) is 2. The third-order valence-corrected chi connectivity index (χ3v) is 6.29. The maximum atomic E-state index is 13.6. The third-order valence-electron chi connectivity index (χ3n) is 4.41. The number of hydrogen-bond acceptors (Lipinski definition) is 5. The van der Waals surface area contributed by atoms with E-state index in [0.717, 1.165) is 35.7 Å². The van der Waals surface area contributed by atoms with E-state index in [1.54, 1.807) is 0 Å². The van der Waals surface area contributed by atoms with Crippen molar-refractivity contribution in [2.24, 2.45) is 0 Å². The van der Waals surface area contributed by atoms with E-state index in [1.165, 1.54) is 28.6 Å². The van der Waals surface area contributed by atoms with Crippen molar-refractivity contribution in [1.82, 2.24) is 19.7 Å². The first-order chi connectivity index (χ1) is 13.8. The molecule has 1 aliphatic rings. The smallest absolute Gasteiger partial charge is 0.272 e. The van der Waals surface area contributed by atoms with Crippen LogP contribution in [0.25, 0.3) is 0 Å². The number of hydrazine groups is 1. The standard InChI is InChI=1S/C18H19FN4O5S/c19-15-6-2-1-5-14(15)18(26)21-20-16(24)12-22-11-13(7-8-17(22)25)29(27,28)23-9-3-4-10-23/h1-2,5-8,11H,3-4,9-10,12H2,(H,20,24)(H,21,26). The Morgan fingerprint density at radius 1 is 1.03 bits per heavy atom. The van der Waals surface area contributed by atoms with Gasteiger partial charge in [-0.3, -0.25) is 25.2 Å². The Hall–Kier alpha value is -3.05. The fraction of sp³-hybridized carbons (Fsp3) is 0.278. The van der Waals surface area contributed by atoms with Crippen molar-refractivity contribution >= 4 is 21.8 Å². The lowest BCUT2D eigenvalue weighted by molar-refractivity contribution is -0.122. The number of benzene rings is 1. The highest BCUT2D eigenvalue weighted by Gasteiger charge is 2.27. The highest BCUT2D eigenvalue weighted by atomic mass is 32.2. The van der Waals surface area contributed by atoms with E-state index in [1.807, 2.05) is 5.43 Å². The zero-order valence-corrected chi connectivity index (χ0v) is 16.1. The van der Waals surface area contributed by atoms with Crippen molar-refractivity contribution in [3.63, 3.8) is 0 Å². The molecular formula is C18H19FN4O5S. The summed E-state index contributed by atoms with van der Waals surface area (Å²) in [5, 5.41) is 0. The van der Waals surface area contributed by atoms with Gasteiger partial charge in [-0.05, 0) is 31.0 Å². The maximum Gasteiger partial charge on any atom is 0.272 e. The van der Waals surface area contributed by atoms with Crippen molar-refractivity contribution in [3.8, 4) is 0 Å². The van der Waals surface area contributed by atoms with E-state index in [2.05, 4.69) is 5.43 Å². The van der Waals surface area contributed by atoms with Gasteiger partial charge in [-0.2, -0.15) is 4.31 Å². The van der Waals surface area contributed by atoms with Crippen LogP contribution >= 0.6 is 0 Å². The molecular weight excluding hydrogens is 403 g/mol. The highest BCUT2D eigenvalue weighted by Crippen LogP contribution is 2.19. The summed E-state index contributed by atoms with van der Waals surface area (Å²) < 4.78 is 41.0. The van der Waals surface area contributed by atoms with Crippen molar-refractivity contribution in [3.05, 3.63) is 64.3 Å². The van der Waals surface area contributed by atoms with Crippen LogP contribution in [0, 0.1) is 5.82 Å². The average Bonchev–Trinajstić information content (AvgIpc) is 3.24. The Kier molecular flexibility index (Phi) is 6.09. The average molecular weight is 422 g/mol. The van der Waals surface area contributed by atoms with E-state index in [9.17, 15) is 27.2 Å². The summed E-state index contributed by atoms with van der Waals surface area (Å²) in [6, 6.07) is 7.49. The third kappa shape index (κ3) is 4.69. The fourth-order valence-corrected chi connectivity index (χ4v) is 4.43. The van der Waals surface area contributed by atoms with Crippen LogP contribution < -0.4 is 16.4 Å². The molecule has 2 amide bonds. The van der Waals surface area contributed by atoms with Crippen LogP contribution in [0.3, 0.4) is 0 Å². The van der Waals surface area contributed by atoms with Crippen LogP contribution in [0.1, 0.15) is 23.2 Å². The predicted octanol–water partition coefficient (Wildman–Crippen LogP) is 0.233. The van der Waals surface area contributed by atoms with Crippen molar-refractivity contribution < 1.29 is 22.4 Å². The largest absolute Gasteiger partial charge is 0.305 e. The van der Waals surface area contributed by atoms with Gasteiger partial charge in [0.15, 0.2) is 0 Å². The second-order valence-corrected chi connectivity index (χ2v) is 8.36. The zero-order chi connectivity index (χ0) is 21.0. The molecule has 11 heteroatoms. The van der Waals surface area contributed by atoms with Gasteiger partial charge in [0, 0.05) is 25.4 Å². The number of carbonyl (C=O) groups excluding carboxylic acids is 2. The number of hydrogen-bond donors (Lipinski definition) is 2. The van der Waals surface area contributed by atoms with Gasteiger partial charge in [-0.15, -0.1) is 0 Å². The van der Waals surface area contributed by atoms with Gasteiger partial charge in [-0.1, -0.05) is 12.1 Å². The Morgan fingerprint density at radius 2 is 1.72 bits per heavy atom. The van der Waals surface area contributed by atoms with E-state index >= 15 is 0 Å². The molecule has 2 aromatic rings. The molecule has 0 spiro atoms. The highest BCUT2D eigenvalue weighted by molar-refractivity contribution is 7.89. The molecule has 0 saturated carbocycles. The number of halogens is 1. The molecule has 2 N–H and O–H groups in total. The number of nitrogens with zero attached hydrogens (tertiary/aromatic N) is 2. The Morgan fingerprint density at radius 3 is 2.41 bits per heavy atom. The summed E-state index contributed by atoms with van der Waals surface area (Å²) in [6.07, 6.45) is 2.63. The molecule has 29 heavy (non-hydrogen) atoms. The maximum absolute atomic E-state index is 13.6. The van der Waals surface area contributed by atoms with Crippen LogP contribution in [0.15, 0.2) is 52.3 Å². The zero-order valence-electron chi connectivity index (χ0n) is 15.3. The van der Waals surface area contributed by atoms with Gasteiger partial charge in [0.25, 0.3) is 17.4 Å². The van der Waals surface area contributed by atoms with Crippen molar-refractivity contribution in [2.45, 2.75) is 24.3 Å². The van der Waals surface area contributed by atoms with Gasteiger partial charge in [0.2, 0.25) is 10.0 Å². The Balaban J connectivity index is 1.68. The second-order valence-electron chi connectivity index (χ2n) is 6.42. The predicted molar refractivity (Wildman–Crippen MR) is 101 cm³/mol. The van der Waals surface area contributed by atoms with E-state index < -0.39 is 39.8 Å².